The topological polar surface area (TPSA) is 49.9 Å². The third-order valence-corrected chi connectivity index (χ3v) is 10.5. The standard InChI is InChI=1S/C49H35N3O/c1-3-11-32(12-4-1)35-21-26-37(27-22-35)47-50-48(38-28-23-36(24-29-38)33-13-5-2-6-14-33)52-49(51-47)42-18-10-20-44-46(42)45-41(17-9-19-43(45)53-44)40-30-25-34-15-7-8-16-39(34)31-40/h1-24,26-29,31,47H,25,30H2,(H,50,51,52). The lowest BCUT2D eigenvalue weighted by molar-refractivity contribution is 0.667. The van der Waals surface area contributed by atoms with Crippen molar-refractivity contribution in [3.63, 3.8) is 0 Å². The molecule has 252 valence electrons. The summed E-state index contributed by atoms with van der Waals surface area (Å²) in [5.74, 6) is 1.46. The molecule has 1 aliphatic carbocycles. The maximum atomic E-state index is 6.58. The van der Waals surface area contributed by atoms with Crippen LogP contribution in [0.2, 0.25) is 0 Å². The van der Waals surface area contributed by atoms with Crippen molar-refractivity contribution in [1.82, 2.24) is 5.32 Å². The molecule has 1 unspecified atom stereocenters. The lowest BCUT2D eigenvalue weighted by Gasteiger charge is -2.24. The fraction of sp³-hybridized carbons (Fsp3) is 0.0612. The second kappa shape index (κ2) is 13.1. The van der Waals surface area contributed by atoms with Gasteiger partial charge >= 0.3 is 0 Å². The highest BCUT2D eigenvalue weighted by atomic mass is 16.3. The number of nitrogens with one attached hydrogen (secondary N) is 1. The molecule has 4 nitrogen and oxygen atoms in total. The predicted octanol–water partition coefficient (Wildman–Crippen LogP) is 11.9. The average molecular weight is 682 g/mol. The van der Waals surface area contributed by atoms with Crippen molar-refractivity contribution < 1.29 is 4.42 Å². The molecule has 0 saturated heterocycles. The Labute approximate surface area is 308 Å². The average Bonchev–Trinajstić information content (AvgIpc) is 3.63. The molecule has 2 heterocycles. The largest absolute Gasteiger partial charge is 0.456 e. The first kappa shape index (κ1) is 31.0. The van der Waals surface area contributed by atoms with Gasteiger partial charge in [-0.05, 0) is 75.1 Å². The quantitative estimate of drug-likeness (QED) is 0.190. The predicted molar refractivity (Wildman–Crippen MR) is 219 cm³/mol. The molecule has 7 aromatic carbocycles. The summed E-state index contributed by atoms with van der Waals surface area (Å²) < 4.78 is 6.58. The summed E-state index contributed by atoms with van der Waals surface area (Å²) in [5.41, 5.74) is 14.6. The Morgan fingerprint density at radius 2 is 1.06 bits per heavy atom. The Bertz CT molecular complexity index is 2720. The van der Waals surface area contributed by atoms with E-state index in [0.29, 0.717) is 5.84 Å². The minimum atomic E-state index is -0.346. The van der Waals surface area contributed by atoms with Gasteiger partial charge < -0.3 is 9.73 Å². The molecule has 1 aromatic heterocycles. The SMILES string of the molecule is C1=C(c2cccc3oc4cccc(C5=NC(c6ccc(-c7ccccc7)cc6)=NC(c6ccc(-c7ccccc7)cc6)N5)c4c23)CCc2ccccc21. The van der Waals surface area contributed by atoms with Gasteiger partial charge in [0.25, 0.3) is 0 Å². The summed E-state index contributed by atoms with van der Waals surface area (Å²) in [6.07, 6.45) is 4.00. The third kappa shape index (κ3) is 5.75. The van der Waals surface area contributed by atoms with E-state index in [4.69, 9.17) is 14.4 Å². The molecule has 0 bridgehead atoms. The fourth-order valence-corrected chi connectivity index (χ4v) is 7.79. The third-order valence-electron chi connectivity index (χ3n) is 10.5. The van der Waals surface area contributed by atoms with Crippen LogP contribution in [0.4, 0.5) is 0 Å². The first-order chi connectivity index (χ1) is 26.2. The van der Waals surface area contributed by atoms with Gasteiger partial charge in [0.15, 0.2) is 5.84 Å². The van der Waals surface area contributed by atoms with E-state index in [1.807, 2.05) is 12.1 Å². The molecule has 4 heteroatoms. The number of hydrogen-bond acceptors (Lipinski definition) is 4. The van der Waals surface area contributed by atoms with Crippen LogP contribution in [-0.4, -0.2) is 11.7 Å². The molecule has 0 amide bonds. The van der Waals surface area contributed by atoms with Crippen LogP contribution in [0.1, 0.15) is 46.0 Å². The Morgan fingerprint density at radius 1 is 0.491 bits per heavy atom. The van der Waals surface area contributed by atoms with Crippen molar-refractivity contribution in [3.8, 4) is 22.3 Å². The van der Waals surface area contributed by atoms with E-state index in [2.05, 4.69) is 169 Å². The highest BCUT2D eigenvalue weighted by Crippen LogP contribution is 2.40. The molecule has 0 saturated carbocycles. The number of allylic oxidation sites excluding steroid dienone is 1. The van der Waals surface area contributed by atoms with Gasteiger partial charge in [-0.3, -0.25) is 0 Å². The molecule has 1 atom stereocenters. The minimum absolute atomic E-state index is 0.346. The number of amidine groups is 2. The van der Waals surface area contributed by atoms with Crippen molar-refractivity contribution in [2.75, 3.05) is 0 Å². The van der Waals surface area contributed by atoms with E-state index >= 15 is 0 Å². The summed E-state index contributed by atoms with van der Waals surface area (Å²) >= 11 is 0. The van der Waals surface area contributed by atoms with Gasteiger partial charge in [0, 0.05) is 21.9 Å². The van der Waals surface area contributed by atoms with E-state index < -0.39 is 0 Å². The monoisotopic (exact) mass is 681 g/mol. The van der Waals surface area contributed by atoms with Crippen molar-refractivity contribution in [2.24, 2.45) is 9.98 Å². The maximum absolute atomic E-state index is 6.58. The van der Waals surface area contributed by atoms with Gasteiger partial charge in [-0.25, -0.2) is 9.98 Å². The van der Waals surface area contributed by atoms with Gasteiger partial charge in [-0.1, -0.05) is 164 Å². The first-order valence-corrected chi connectivity index (χ1v) is 18.2. The van der Waals surface area contributed by atoms with Crippen molar-refractivity contribution in [2.45, 2.75) is 19.0 Å². The molecule has 10 rings (SSSR count). The zero-order valence-electron chi connectivity index (χ0n) is 29.0. The van der Waals surface area contributed by atoms with Crippen LogP contribution in [0.3, 0.4) is 0 Å². The van der Waals surface area contributed by atoms with Crippen molar-refractivity contribution >= 4 is 45.3 Å². The molecule has 0 radical (unpaired) electrons. The fourth-order valence-electron chi connectivity index (χ4n) is 7.79. The number of fused-ring (bicyclic) bond motifs is 4. The van der Waals surface area contributed by atoms with Gasteiger partial charge in [-0.15, -0.1) is 0 Å². The molecule has 8 aromatic rings. The van der Waals surface area contributed by atoms with Crippen LogP contribution >= 0.6 is 0 Å². The van der Waals surface area contributed by atoms with Crippen LogP contribution in [0.5, 0.6) is 0 Å². The Kier molecular flexibility index (Phi) is 7.65. The number of nitrogens with zero attached hydrogens (tertiary/aromatic N) is 2. The zero-order valence-corrected chi connectivity index (χ0v) is 29.0. The number of aryl methyl sites for hydroxylation is 1. The summed E-state index contributed by atoms with van der Waals surface area (Å²) in [7, 11) is 0. The highest BCUT2D eigenvalue weighted by Gasteiger charge is 2.25. The van der Waals surface area contributed by atoms with Crippen LogP contribution < -0.4 is 5.32 Å². The van der Waals surface area contributed by atoms with Gasteiger partial charge in [0.1, 0.15) is 23.2 Å². The van der Waals surface area contributed by atoms with Gasteiger partial charge in [0.2, 0.25) is 0 Å². The van der Waals surface area contributed by atoms with Crippen molar-refractivity contribution in [1.29, 1.82) is 0 Å². The normalized spacial score (nSPS) is 15.3. The molecule has 1 aliphatic heterocycles. The van der Waals surface area contributed by atoms with E-state index in [9.17, 15) is 0 Å². The van der Waals surface area contributed by atoms with Crippen LogP contribution in [0.25, 0.3) is 55.8 Å². The molecule has 0 fully saturated rings. The van der Waals surface area contributed by atoms with Crippen LogP contribution in [-0.2, 0) is 6.42 Å². The number of aliphatic imine (C=N–C) groups is 2. The number of furan rings is 1. The van der Waals surface area contributed by atoms with Crippen LogP contribution in [0, 0.1) is 0 Å². The summed E-state index contributed by atoms with van der Waals surface area (Å²) in [4.78, 5) is 10.5. The Morgan fingerprint density at radius 3 is 1.75 bits per heavy atom. The molecule has 1 N–H and O–H groups in total. The molecular formula is C49H35N3O. The molecular weight excluding hydrogens is 647 g/mol. The van der Waals surface area contributed by atoms with Gasteiger partial charge in [0.05, 0.1) is 0 Å². The molecule has 53 heavy (non-hydrogen) atoms. The van der Waals surface area contributed by atoms with Gasteiger partial charge in [-0.2, -0.15) is 0 Å². The number of rotatable bonds is 6. The number of hydrogen-bond donors (Lipinski definition) is 1. The summed E-state index contributed by atoms with van der Waals surface area (Å²) in [6, 6.07) is 59.6. The Balaban J connectivity index is 1.11. The number of benzene rings is 7. The van der Waals surface area contributed by atoms with E-state index in [1.165, 1.54) is 39.0 Å². The van der Waals surface area contributed by atoms with E-state index in [-0.39, 0.29) is 6.17 Å². The van der Waals surface area contributed by atoms with E-state index in [0.717, 1.165) is 62.9 Å². The minimum Gasteiger partial charge on any atom is -0.456 e. The highest BCUT2D eigenvalue weighted by molar-refractivity contribution is 6.23. The molecule has 2 aliphatic rings. The summed E-state index contributed by atoms with van der Waals surface area (Å²) in [6.45, 7) is 0. The first-order valence-electron chi connectivity index (χ1n) is 18.2. The maximum Gasteiger partial charge on any atom is 0.159 e. The zero-order chi connectivity index (χ0) is 35.1. The second-order valence-electron chi connectivity index (χ2n) is 13.7. The van der Waals surface area contributed by atoms with E-state index in [1.54, 1.807) is 0 Å². The molecule has 0 spiro atoms. The Hall–Kier alpha value is -6.78. The lowest BCUT2D eigenvalue weighted by Crippen LogP contribution is -2.33. The van der Waals surface area contributed by atoms with Crippen LogP contribution in [0.15, 0.2) is 184 Å². The smallest absolute Gasteiger partial charge is 0.159 e. The lowest BCUT2D eigenvalue weighted by atomic mass is 9.87. The second-order valence-corrected chi connectivity index (χ2v) is 13.7. The van der Waals surface area contributed by atoms with Crippen molar-refractivity contribution in [3.05, 3.63) is 203 Å². The summed E-state index contributed by atoms with van der Waals surface area (Å²) in [5, 5.41) is 5.92.